The Morgan fingerprint density at radius 1 is 1.38 bits per heavy atom. The van der Waals surface area contributed by atoms with Crippen molar-refractivity contribution in [2.24, 2.45) is 0 Å². The van der Waals surface area contributed by atoms with Gasteiger partial charge in [0, 0.05) is 6.08 Å². The van der Waals surface area contributed by atoms with E-state index in [4.69, 9.17) is 4.74 Å². The molecule has 0 spiro atoms. The van der Waals surface area contributed by atoms with E-state index >= 15 is 0 Å². The number of ether oxygens (including phenoxy) is 2. The Bertz CT molecular complexity index is 424. The van der Waals surface area contributed by atoms with E-state index in [-0.39, 0.29) is 5.56 Å². The molecule has 0 fully saturated rings. The largest absolute Gasteiger partial charge is 0.496 e. The molecule has 1 aromatic rings. The molecular weight excluding hydrogens is 211 g/mol. The second kappa shape index (κ2) is 5.30. The predicted octanol–water partition coefficient (Wildman–Crippen LogP) is 2.41. The molecule has 3 nitrogen and oxygen atoms in total. The Morgan fingerprint density at radius 3 is 2.62 bits per heavy atom. The van der Waals surface area contributed by atoms with Crippen LogP contribution in [-0.4, -0.2) is 20.2 Å². The summed E-state index contributed by atoms with van der Waals surface area (Å²) in [7, 11) is 2.72. The summed E-state index contributed by atoms with van der Waals surface area (Å²) in [6.07, 6.45) is 1.22. The maximum absolute atomic E-state index is 13.6. The highest BCUT2D eigenvalue weighted by Gasteiger charge is 2.11. The van der Waals surface area contributed by atoms with E-state index in [0.29, 0.717) is 11.3 Å². The molecule has 1 rings (SSSR count). The second-order valence-electron chi connectivity index (χ2n) is 3.17. The van der Waals surface area contributed by atoms with Crippen LogP contribution in [0.1, 0.15) is 12.5 Å². The van der Waals surface area contributed by atoms with Gasteiger partial charge in [0.15, 0.2) is 0 Å². The number of benzene rings is 1. The Kier molecular flexibility index (Phi) is 4.05. The third-order valence-corrected chi connectivity index (χ3v) is 2.13. The van der Waals surface area contributed by atoms with Crippen molar-refractivity contribution in [1.82, 2.24) is 0 Å². The average molecular weight is 224 g/mol. The molecule has 0 aromatic heterocycles. The zero-order chi connectivity index (χ0) is 12.1. The lowest BCUT2D eigenvalue weighted by molar-refractivity contribution is -0.134. The zero-order valence-electron chi connectivity index (χ0n) is 9.41. The van der Waals surface area contributed by atoms with Gasteiger partial charge in [-0.15, -0.1) is 0 Å². The highest BCUT2D eigenvalue weighted by molar-refractivity contribution is 5.91. The summed E-state index contributed by atoms with van der Waals surface area (Å²) in [4.78, 5) is 11.0. The normalized spacial score (nSPS) is 11.1. The molecule has 4 heteroatoms. The summed E-state index contributed by atoms with van der Waals surface area (Å²) in [6.45, 7) is 1.62. The highest BCUT2D eigenvalue weighted by Crippen LogP contribution is 2.28. The monoisotopic (exact) mass is 224 g/mol. The molecule has 0 aliphatic rings. The van der Waals surface area contributed by atoms with E-state index in [1.165, 1.54) is 26.4 Å². The van der Waals surface area contributed by atoms with Crippen molar-refractivity contribution >= 4 is 11.5 Å². The standard InChI is InChI=1S/C12H13FO3/c1-8(7-11(14)16-3)12-9(13)5-4-6-10(12)15-2/h4-7H,1-3H3/b8-7-. The van der Waals surface area contributed by atoms with E-state index in [2.05, 4.69) is 4.74 Å². The maximum Gasteiger partial charge on any atom is 0.330 e. The molecule has 16 heavy (non-hydrogen) atoms. The molecule has 0 saturated heterocycles. The topological polar surface area (TPSA) is 35.5 Å². The molecule has 0 unspecified atom stereocenters. The van der Waals surface area contributed by atoms with Crippen LogP contribution in [0.25, 0.3) is 5.57 Å². The van der Waals surface area contributed by atoms with Crippen LogP contribution in [0.4, 0.5) is 4.39 Å². The molecule has 1 aromatic carbocycles. The van der Waals surface area contributed by atoms with E-state index in [1.54, 1.807) is 19.1 Å². The minimum absolute atomic E-state index is 0.274. The first-order valence-corrected chi connectivity index (χ1v) is 4.69. The number of methoxy groups -OCH3 is 2. The van der Waals surface area contributed by atoms with Gasteiger partial charge in [0.05, 0.1) is 19.8 Å². The van der Waals surface area contributed by atoms with Crippen LogP contribution < -0.4 is 4.74 Å². The molecule has 0 amide bonds. The molecule has 0 aliphatic carbocycles. The summed E-state index contributed by atoms with van der Waals surface area (Å²) in [5.74, 6) is -0.572. The number of carbonyl (C=O) groups is 1. The van der Waals surface area contributed by atoms with E-state index < -0.39 is 11.8 Å². The van der Waals surface area contributed by atoms with Crippen LogP contribution in [0, 0.1) is 5.82 Å². The van der Waals surface area contributed by atoms with Gasteiger partial charge in [0.1, 0.15) is 11.6 Å². The van der Waals surface area contributed by atoms with Crippen molar-refractivity contribution in [1.29, 1.82) is 0 Å². The number of allylic oxidation sites excluding steroid dienone is 1. The molecular formula is C12H13FO3. The Balaban J connectivity index is 3.21. The average Bonchev–Trinajstić information content (AvgIpc) is 2.28. The maximum atomic E-state index is 13.6. The van der Waals surface area contributed by atoms with Gasteiger partial charge in [0.2, 0.25) is 0 Å². The summed E-state index contributed by atoms with van der Waals surface area (Å²) >= 11 is 0. The number of hydrogen-bond acceptors (Lipinski definition) is 3. The highest BCUT2D eigenvalue weighted by atomic mass is 19.1. The van der Waals surface area contributed by atoms with Crippen LogP contribution in [0.15, 0.2) is 24.3 Å². The van der Waals surface area contributed by atoms with Crippen molar-refractivity contribution in [2.45, 2.75) is 6.92 Å². The van der Waals surface area contributed by atoms with Gasteiger partial charge in [-0.3, -0.25) is 0 Å². The lowest BCUT2D eigenvalue weighted by Gasteiger charge is -2.09. The van der Waals surface area contributed by atoms with Gasteiger partial charge in [-0.1, -0.05) is 6.07 Å². The number of rotatable bonds is 3. The van der Waals surface area contributed by atoms with Gasteiger partial charge in [-0.25, -0.2) is 9.18 Å². The van der Waals surface area contributed by atoms with Crippen LogP contribution in [0.5, 0.6) is 5.75 Å². The second-order valence-corrected chi connectivity index (χ2v) is 3.17. The van der Waals surface area contributed by atoms with Crippen LogP contribution in [0.3, 0.4) is 0 Å². The van der Waals surface area contributed by atoms with Crippen LogP contribution in [-0.2, 0) is 9.53 Å². The summed E-state index contributed by atoms with van der Waals surface area (Å²) in [5, 5.41) is 0. The van der Waals surface area contributed by atoms with Crippen LogP contribution in [0.2, 0.25) is 0 Å². The molecule has 0 heterocycles. The minimum atomic E-state index is -0.525. The first-order chi connectivity index (χ1) is 7.60. The summed E-state index contributed by atoms with van der Waals surface area (Å²) < 4.78 is 23.1. The fourth-order valence-corrected chi connectivity index (χ4v) is 1.37. The number of hydrogen-bond donors (Lipinski definition) is 0. The lowest BCUT2D eigenvalue weighted by Crippen LogP contribution is -1.99. The first kappa shape index (κ1) is 12.2. The van der Waals surface area contributed by atoms with E-state index in [1.807, 2.05) is 0 Å². The number of esters is 1. The first-order valence-electron chi connectivity index (χ1n) is 4.69. The SMILES string of the molecule is COC(=O)/C=C(/C)c1c(F)cccc1OC. The number of halogens is 1. The fraction of sp³-hybridized carbons (Fsp3) is 0.250. The lowest BCUT2D eigenvalue weighted by atomic mass is 10.1. The summed E-state index contributed by atoms with van der Waals surface area (Å²) in [6, 6.07) is 4.49. The summed E-state index contributed by atoms with van der Waals surface area (Å²) in [5.41, 5.74) is 0.734. The predicted molar refractivity (Wildman–Crippen MR) is 58.6 cm³/mol. The van der Waals surface area contributed by atoms with Crippen LogP contribution >= 0.6 is 0 Å². The zero-order valence-corrected chi connectivity index (χ0v) is 9.41. The van der Waals surface area contributed by atoms with Crippen molar-refractivity contribution in [3.63, 3.8) is 0 Å². The van der Waals surface area contributed by atoms with Crippen molar-refractivity contribution < 1.29 is 18.7 Å². The van der Waals surface area contributed by atoms with E-state index in [9.17, 15) is 9.18 Å². The molecule has 0 bridgehead atoms. The third kappa shape index (κ3) is 2.59. The minimum Gasteiger partial charge on any atom is -0.496 e. The Morgan fingerprint density at radius 2 is 2.06 bits per heavy atom. The Labute approximate surface area is 93.5 Å². The van der Waals surface area contributed by atoms with Gasteiger partial charge in [0.25, 0.3) is 0 Å². The molecule has 0 saturated carbocycles. The molecule has 86 valence electrons. The quantitative estimate of drug-likeness (QED) is 0.584. The van der Waals surface area contributed by atoms with Gasteiger partial charge >= 0.3 is 5.97 Å². The van der Waals surface area contributed by atoms with Gasteiger partial charge in [-0.05, 0) is 24.6 Å². The van der Waals surface area contributed by atoms with Crippen molar-refractivity contribution in [3.05, 3.63) is 35.7 Å². The number of carbonyl (C=O) groups excluding carboxylic acids is 1. The van der Waals surface area contributed by atoms with Crippen molar-refractivity contribution in [3.8, 4) is 5.75 Å². The van der Waals surface area contributed by atoms with Crippen molar-refractivity contribution in [2.75, 3.05) is 14.2 Å². The molecule has 0 radical (unpaired) electrons. The molecule has 0 aliphatic heterocycles. The smallest absolute Gasteiger partial charge is 0.330 e. The van der Waals surface area contributed by atoms with Gasteiger partial charge < -0.3 is 9.47 Å². The van der Waals surface area contributed by atoms with E-state index in [0.717, 1.165) is 0 Å². The Hall–Kier alpha value is -1.84. The molecule has 0 atom stereocenters. The third-order valence-electron chi connectivity index (χ3n) is 2.13. The fourth-order valence-electron chi connectivity index (χ4n) is 1.37. The molecule has 0 N–H and O–H groups in total. The van der Waals surface area contributed by atoms with Gasteiger partial charge in [-0.2, -0.15) is 0 Å².